The fourth-order valence-corrected chi connectivity index (χ4v) is 2.57. The molecule has 0 radical (unpaired) electrons. The first-order valence-corrected chi connectivity index (χ1v) is 8.07. The third kappa shape index (κ3) is 4.66. The predicted octanol–water partition coefficient (Wildman–Crippen LogP) is 4.40. The molecule has 0 heterocycles. The normalized spacial score (nSPS) is 10.4. The average Bonchev–Trinajstić information content (AvgIpc) is 2.53. The fraction of sp³-hybridized carbons (Fsp3) is 0.222. The van der Waals surface area contributed by atoms with Gasteiger partial charge in [-0.3, -0.25) is 9.59 Å². The van der Waals surface area contributed by atoms with E-state index in [0.29, 0.717) is 23.5 Å². The summed E-state index contributed by atoms with van der Waals surface area (Å²) in [6.45, 7) is 3.98. The highest BCUT2D eigenvalue weighted by Gasteiger charge is 2.11. The van der Waals surface area contributed by atoms with Crippen molar-refractivity contribution in [2.24, 2.45) is 0 Å². The molecule has 0 spiro atoms. The molecule has 1 amide bonds. The van der Waals surface area contributed by atoms with Crippen LogP contribution in [0.3, 0.4) is 0 Å². The number of halogens is 1. The second-order valence-corrected chi connectivity index (χ2v) is 6.29. The Hall–Kier alpha value is -2.14. The van der Waals surface area contributed by atoms with Gasteiger partial charge in [-0.2, -0.15) is 0 Å². The Morgan fingerprint density at radius 2 is 2.00 bits per heavy atom. The molecule has 0 saturated carbocycles. The molecular formula is C18H18BrNO3. The standard InChI is InChI=1S/C18H18BrNO3/c1-12(2)15-5-3-4-6-16(15)20-18(22)11-23-17-8-7-14(19)9-13(17)10-21/h3-10,12H,11H2,1-2H3,(H,20,22). The largest absolute Gasteiger partial charge is 0.483 e. The Morgan fingerprint density at radius 3 is 2.70 bits per heavy atom. The van der Waals surface area contributed by atoms with Gasteiger partial charge in [0.15, 0.2) is 12.9 Å². The van der Waals surface area contributed by atoms with Gasteiger partial charge in [-0.25, -0.2) is 0 Å². The van der Waals surface area contributed by atoms with Gasteiger partial charge < -0.3 is 10.1 Å². The predicted molar refractivity (Wildman–Crippen MR) is 94.2 cm³/mol. The maximum atomic E-state index is 12.1. The van der Waals surface area contributed by atoms with Gasteiger partial charge in [-0.15, -0.1) is 0 Å². The van der Waals surface area contributed by atoms with Crippen LogP contribution >= 0.6 is 15.9 Å². The van der Waals surface area contributed by atoms with E-state index in [4.69, 9.17) is 4.74 Å². The molecule has 0 saturated heterocycles. The Labute approximate surface area is 144 Å². The molecule has 0 aliphatic heterocycles. The van der Waals surface area contributed by atoms with Crippen LogP contribution in [0.1, 0.15) is 35.7 Å². The molecule has 120 valence electrons. The Balaban J connectivity index is 2.03. The van der Waals surface area contributed by atoms with E-state index in [1.807, 2.05) is 24.3 Å². The van der Waals surface area contributed by atoms with E-state index in [0.717, 1.165) is 15.7 Å². The summed E-state index contributed by atoms with van der Waals surface area (Å²) in [5.41, 5.74) is 2.25. The van der Waals surface area contributed by atoms with Crippen LogP contribution < -0.4 is 10.1 Å². The molecule has 4 nitrogen and oxygen atoms in total. The second kappa shape index (κ2) is 7.92. The zero-order valence-corrected chi connectivity index (χ0v) is 14.6. The minimum atomic E-state index is -0.266. The van der Waals surface area contributed by atoms with E-state index in [-0.39, 0.29) is 12.5 Å². The highest BCUT2D eigenvalue weighted by atomic mass is 79.9. The molecular weight excluding hydrogens is 358 g/mol. The van der Waals surface area contributed by atoms with Crippen LogP contribution in [-0.2, 0) is 4.79 Å². The molecule has 2 aromatic carbocycles. The molecule has 2 rings (SSSR count). The van der Waals surface area contributed by atoms with Crippen LogP contribution in [0, 0.1) is 0 Å². The summed E-state index contributed by atoms with van der Waals surface area (Å²) < 4.78 is 6.23. The van der Waals surface area contributed by atoms with Gasteiger partial charge >= 0.3 is 0 Å². The molecule has 0 bridgehead atoms. The zero-order chi connectivity index (χ0) is 16.8. The summed E-state index contributed by atoms with van der Waals surface area (Å²) in [6, 6.07) is 12.7. The first kappa shape index (κ1) is 17.2. The van der Waals surface area contributed by atoms with Crippen LogP contribution in [0.5, 0.6) is 5.75 Å². The van der Waals surface area contributed by atoms with Gasteiger partial charge in [0, 0.05) is 10.2 Å². The number of carbonyl (C=O) groups excluding carboxylic acids is 2. The third-order valence-electron chi connectivity index (χ3n) is 3.31. The number of hydrogen-bond donors (Lipinski definition) is 1. The molecule has 23 heavy (non-hydrogen) atoms. The summed E-state index contributed by atoms with van der Waals surface area (Å²) >= 11 is 3.29. The molecule has 2 aromatic rings. The lowest BCUT2D eigenvalue weighted by Gasteiger charge is -2.14. The number of ether oxygens (including phenoxy) is 1. The summed E-state index contributed by atoms with van der Waals surface area (Å²) in [6.07, 6.45) is 0.700. The topological polar surface area (TPSA) is 55.4 Å². The number of aldehydes is 1. The molecule has 0 unspecified atom stereocenters. The van der Waals surface area contributed by atoms with Crippen LogP contribution in [0.15, 0.2) is 46.9 Å². The van der Waals surface area contributed by atoms with E-state index in [1.54, 1.807) is 18.2 Å². The van der Waals surface area contributed by atoms with Gasteiger partial charge in [-0.05, 0) is 35.7 Å². The van der Waals surface area contributed by atoms with Crippen molar-refractivity contribution in [1.29, 1.82) is 0 Å². The zero-order valence-electron chi connectivity index (χ0n) is 13.0. The highest BCUT2D eigenvalue weighted by molar-refractivity contribution is 9.10. The van der Waals surface area contributed by atoms with E-state index in [2.05, 4.69) is 35.1 Å². The quantitative estimate of drug-likeness (QED) is 0.761. The van der Waals surface area contributed by atoms with Crippen LogP contribution in [0.25, 0.3) is 0 Å². The van der Waals surface area contributed by atoms with Crippen molar-refractivity contribution in [3.63, 3.8) is 0 Å². The molecule has 5 heteroatoms. The molecule has 0 atom stereocenters. The maximum absolute atomic E-state index is 12.1. The van der Waals surface area contributed by atoms with Crippen molar-refractivity contribution >= 4 is 33.8 Å². The number of benzene rings is 2. The Bertz CT molecular complexity index is 713. The highest BCUT2D eigenvalue weighted by Crippen LogP contribution is 2.24. The van der Waals surface area contributed by atoms with E-state index < -0.39 is 0 Å². The molecule has 1 N–H and O–H groups in total. The number of rotatable bonds is 6. The lowest BCUT2D eigenvalue weighted by molar-refractivity contribution is -0.118. The third-order valence-corrected chi connectivity index (χ3v) is 3.81. The summed E-state index contributed by atoms with van der Waals surface area (Å²) in [5.74, 6) is 0.425. The average molecular weight is 376 g/mol. The monoisotopic (exact) mass is 375 g/mol. The summed E-state index contributed by atoms with van der Waals surface area (Å²) in [4.78, 5) is 23.1. The Kier molecular flexibility index (Phi) is 5.93. The smallest absolute Gasteiger partial charge is 0.262 e. The number of carbonyl (C=O) groups is 2. The minimum absolute atomic E-state index is 0.158. The SMILES string of the molecule is CC(C)c1ccccc1NC(=O)COc1ccc(Br)cc1C=O. The molecule has 0 aromatic heterocycles. The molecule has 0 fully saturated rings. The lowest BCUT2D eigenvalue weighted by atomic mass is 10.0. The van der Waals surface area contributed by atoms with Crippen molar-refractivity contribution in [3.8, 4) is 5.75 Å². The van der Waals surface area contributed by atoms with Crippen molar-refractivity contribution in [3.05, 3.63) is 58.1 Å². The van der Waals surface area contributed by atoms with Gasteiger partial charge in [0.1, 0.15) is 5.75 Å². The van der Waals surface area contributed by atoms with Crippen LogP contribution in [-0.4, -0.2) is 18.8 Å². The van der Waals surface area contributed by atoms with E-state index >= 15 is 0 Å². The summed E-state index contributed by atoms with van der Waals surface area (Å²) in [7, 11) is 0. The van der Waals surface area contributed by atoms with Crippen molar-refractivity contribution in [2.75, 3.05) is 11.9 Å². The van der Waals surface area contributed by atoms with Gasteiger partial charge in [0.25, 0.3) is 5.91 Å². The maximum Gasteiger partial charge on any atom is 0.262 e. The van der Waals surface area contributed by atoms with Crippen molar-refractivity contribution in [2.45, 2.75) is 19.8 Å². The number of nitrogens with one attached hydrogen (secondary N) is 1. The van der Waals surface area contributed by atoms with Crippen molar-refractivity contribution in [1.82, 2.24) is 0 Å². The minimum Gasteiger partial charge on any atom is -0.483 e. The van der Waals surface area contributed by atoms with Gasteiger partial charge in [0.05, 0.1) is 5.56 Å². The Morgan fingerprint density at radius 1 is 1.26 bits per heavy atom. The molecule has 0 aliphatic rings. The summed E-state index contributed by atoms with van der Waals surface area (Å²) in [5, 5.41) is 2.85. The number of amides is 1. The molecule has 0 aliphatic carbocycles. The van der Waals surface area contributed by atoms with Gasteiger partial charge in [0.2, 0.25) is 0 Å². The fourth-order valence-electron chi connectivity index (χ4n) is 2.19. The second-order valence-electron chi connectivity index (χ2n) is 5.38. The first-order chi connectivity index (χ1) is 11.0. The van der Waals surface area contributed by atoms with E-state index in [1.165, 1.54) is 0 Å². The number of para-hydroxylation sites is 1. The number of anilines is 1. The lowest BCUT2D eigenvalue weighted by Crippen LogP contribution is -2.21. The van der Waals surface area contributed by atoms with Gasteiger partial charge in [-0.1, -0.05) is 48.0 Å². The van der Waals surface area contributed by atoms with Crippen LogP contribution in [0.2, 0.25) is 0 Å². The first-order valence-electron chi connectivity index (χ1n) is 7.27. The number of hydrogen-bond acceptors (Lipinski definition) is 3. The van der Waals surface area contributed by atoms with E-state index in [9.17, 15) is 9.59 Å². The van der Waals surface area contributed by atoms with Crippen molar-refractivity contribution < 1.29 is 14.3 Å². The van der Waals surface area contributed by atoms with Crippen LogP contribution in [0.4, 0.5) is 5.69 Å².